The van der Waals surface area contributed by atoms with Crippen LogP contribution < -0.4 is 4.74 Å². The van der Waals surface area contributed by atoms with Crippen LogP contribution in [0.2, 0.25) is 0 Å². The van der Waals surface area contributed by atoms with Crippen molar-refractivity contribution in [3.8, 4) is 5.75 Å². The van der Waals surface area contributed by atoms with Gasteiger partial charge in [-0.15, -0.1) is 0 Å². The Labute approximate surface area is 158 Å². The SMILES string of the molecule is CCC(CC)C(=O)N1Cc2ccccc2OC2(CCC(N(C)C)CC2)C1. The van der Waals surface area contributed by atoms with E-state index in [0.717, 1.165) is 56.4 Å². The van der Waals surface area contributed by atoms with E-state index in [4.69, 9.17) is 4.74 Å². The highest BCUT2D eigenvalue weighted by atomic mass is 16.5. The van der Waals surface area contributed by atoms with Gasteiger partial charge in [-0.1, -0.05) is 32.0 Å². The van der Waals surface area contributed by atoms with E-state index in [0.29, 0.717) is 18.5 Å². The predicted octanol–water partition coefficient (Wildman–Crippen LogP) is 4.09. The summed E-state index contributed by atoms with van der Waals surface area (Å²) < 4.78 is 6.63. The first-order chi connectivity index (χ1) is 12.5. The Hall–Kier alpha value is -1.55. The fourth-order valence-corrected chi connectivity index (χ4v) is 4.57. The monoisotopic (exact) mass is 358 g/mol. The van der Waals surface area contributed by atoms with Gasteiger partial charge in [0.2, 0.25) is 5.91 Å². The topological polar surface area (TPSA) is 32.8 Å². The fourth-order valence-electron chi connectivity index (χ4n) is 4.57. The third-order valence-corrected chi connectivity index (χ3v) is 6.38. The van der Waals surface area contributed by atoms with Gasteiger partial charge >= 0.3 is 0 Å². The number of hydrogen-bond acceptors (Lipinski definition) is 3. The van der Waals surface area contributed by atoms with Crippen molar-refractivity contribution in [3.63, 3.8) is 0 Å². The number of para-hydroxylation sites is 1. The molecule has 1 aromatic carbocycles. The minimum atomic E-state index is -0.235. The standard InChI is InChI=1S/C22H34N2O2/c1-5-17(6-2)21(25)24-15-18-9-7-8-10-20(18)26-22(16-24)13-11-19(12-14-22)23(3)4/h7-10,17,19H,5-6,11-16H2,1-4H3. The Kier molecular flexibility index (Phi) is 5.91. The number of ether oxygens (including phenoxy) is 1. The van der Waals surface area contributed by atoms with Crippen LogP contribution in [-0.2, 0) is 11.3 Å². The first kappa shape index (κ1) is 19.2. The van der Waals surface area contributed by atoms with Crippen LogP contribution in [0.1, 0.15) is 57.9 Å². The molecule has 144 valence electrons. The predicted molar refractivity (Wildman–Crippen MR) is 105 cm³/mol. The highest BCUT2D eigenvalue weighted by molar-refractivity contribution is 5.79. The Bertz CT molecular complexity index is 616. The highest BCUT2D eigenvalue weighted by Gasteiger charge is 2.43. The Balaban J connectivity index is 1.88. The first-order valence-electron chi connectivity index (χ1n) is 10.2. The molecule has 1 fully saturated rings. The summed E-state index contributed by atoms with van der Waals surface area (Å²) >= 11 is 0. The van der Waals surface area contributed by atoms with E-state index in [9.17, 15) is 4.79 Å². The van der Waals surface area contributed by atoms with Crippen LogP contribution in [0.4, 0.5) is 0 Å². The van der Waals surface area contributed by atoms with E-state index in [1.165, 1.54) is 0 Å². The van der Waals surface area contributed by atoms with Gasteiger partial charge < -0.3 is 14.5 Å². The summed E-state index contributed by atoms with van der Waals surface area (Å²) in [5.41, 5.74) is 0.902. The van der Waals surface area contributed by atoms with Crippen molar-refractivity contribution >= 4 is 5.91 Å². The molecule has 0 saturated heterocycles. The van der Waals surface area contributed by atoms with Crippen LogP contribution in [0.25, 0.3) is 0 Å². The molecule has 1 aliphatic carbocycles. The molecule has 1 aliphatic heterocycles. The molecule has 0 aromatic heterocycles. The summed E-state index contributed by atoms with van der Waals surface area (Å²) in [6.45, 7) is 5.63. The molecule has 0 bridgehead atoms. The minimum absolute atomic E-state index is 0.121. The summed E-state index contributed by atoms with van der Waals surface area (Å²) in [6, 6.07) is 8.87. The van der Waals surface area contributed by atoms with Gasteiger partial charge in [-0.2, -0.15) is 0 Å². The van der Waals surface area contributed by atoms with Gasteiger partial charge in [-0.05, 0) is 58.7 Å². The molecular weight excluding hydrogens is 324 g/mol. The third-order valence-electron chi connectivity index (χ3n) is 6.38. The second-order valence-electron chi connectivity index (χ2n) is 8.30. The van der Waals surface area contributed by atoms with Gasteiger partial charge in [0.25, 0.3) is 0 Å². The number of amides is 1. The van der Waals surface area contributed by atoms with Crippen molar-refractivity contribution in [2.75, 3.05) is 20.6 Å². The second kappa shape index (κ2) is 7.99. The van der Waals surface area contributed by atoms with E-state index in [1.54, 1.807) is 0 Å². The molecule has 1 amide bonds. The molecule has 0 radical (unpaired) electrons. The van der Waals surface area contributed by atoms with Crippen molar-refractivity contribution in [1.29, 1.82) is 0 Å². The van der Waals surface area contributed by atoms with Gasteiger partial charge in [-0.25, -0.2) is 0 Å². The van der Waals surface area contributed by atoms with Crippen molar-refractivity contribution in [3.05, 3.63) is 29.8 Å². The maximum atomic E-state index is 13.2. The molecule has 26 heavy (non-hydrogen) atoms. The summed E-state index contributed by atoms with van der Waals surface area (Å²) in [5, 5.41) is 0. The maximum Gasteiger partial charge on any atom is 0.226 e. The minimum Gasteiger partial charge on any atom is -0.485 e. The van der Waals surface area contributed by atoms with E-state index < -0.39 is 0 Å². The van der Waals surface area contributed by atoms with Crippen LogP contribution in [-0.4, -0.2) is 48.0 Å². The smallest absolute Gasteiger partial charge is 0.226 e. The molecule has 1 saturated carbocycles. The van der Waals surface area contributed by atoms with Crippen molar-refractivity contribution < 1.29 is 9.53 Å². The van der Waals surface area contributed by atoms with Crippen molar-refractivity contribution in [2.24, 2.45) is 5.92 Å². The largest absolute Gasteiger partial charge is 0.485 e. The van der Waals surface area contributed by atoms with E-state index in [-0.39, 0.29) is 11.5 Å². The van der Waals surface area contributed by atoms with Crippen LogP contribution in [0, 0.1) is 5.92 Å². The highest BCUT2D eigenvalue weighted by Crippen LogP contribution is 2.39. The second-order valence-corrected chi connectivity index (χ2v) is 8.30. The van der Waals surface area contributed by atoms with Gasteiger partial charge in [0, 0.05) is 24.1 Å². The first-order valence-corrected chi connectivity index (χ1v) is 10.2. The summed E-state index contributed by atoms with van der Waals surface area (Å²) in [7, 11) is 4.32. The van der Waals surface area contributed by atoms with Gasteiger partial charge in [0.05, 0.1) is 6.54 Å². The van der Waals surface area contributed by atoms with Crippen LogP contribution in [0.5, 0.6) is 5.75 Å². The number of hydrogen-bond donors (Lipinski definition) is 0. The zero-order valence-corrected chi connectivity index (χ0v) is 16.8. The van der Waals surface area contributed by atoms with Crippen molar-refractivity contribution in [1.82, 2.24) is 9.80 Å². The zero-order valence-electron chi connectivity index (χ0n) is 16.8. The molecule has 4 nitrogen and oxygen atoms in total. The number of carbonyl (C=O) groups is 1. The summed E-state index contributed by atoms with van der Waals surface area (Å²) in [4.78, 5) is 17.6. The quantitative estimate of drug-likeness (QED) is 0.813. The normalized spacial score (nSPS) is 25.9. The lowest BCUT2D eigenvalue weighted by Crippen LogP contribution is -2.52. The summed E-state index contributed by atoms with van der Waals surface area (Å²) in [5.74, 6) is 1.38. The molecule has 1 spiro atoms. The molecule has 4 heteroatoms. The van der Waals surface area contributed by atoms with Crippen LogP contribution >= 0.6 is 0 Å². The third kappa shape index (κ3) is 3.90. The molecule has 0 atom stereocenters. The molecule has 1 heterocycles. The number of rotatable bonds is 4. The van der Waals surface area contributed by atoms with Gasteiger partial charge in [0.1, 0.15) is 11.4 Å². The zero-order chi connectivity index (χ0) is 18.7. The Morgan fingerprint density at radius 3 is 2.50 bits per heavy atom. The van der Waals surface area contributed by atoms with Gasteiger partial charge in [0.15, 0.2) is 0 Å². The molecular formula is C22H34N2O2. The average Bonchev–Trinajstić information content (AvgIpc) is 2.79. The molecule has 1 aromatic rings. The van der Waals surface area contributed by atoms with E-state index in [2.05, 4.69) is 49.9 Å². The fraction of sp³-hybridized carbons (Fsp3) is 0.682. The molecule has 2 aliphatic rings. The Morgan fingerprint density at radius 2 is 1.88 bits per heavy atom. The lowest BCUT2D eigenvalue weighted by atomic mass is 9.81. The average molecular weight is 359 g/mol. The van der Waals surface area contributed by atoms with Crippen LogP contribution in [0.3, 0.4) is 0 Å². The Morgan fingerprint density at radius 1 is 1.23 bits per heavy atom. The maximum absolute atomic E-state index is 13.2. The molecule has 0 unspecified atom stereocenters. The van der Waals surface area contributed by atoms with Crippen molar-refractivity contribution in [2.45, 2.75) is 70.6 Å². The van der Waals surface area contributed by atoms with E-state index >= 15 is 0 Å². The lowest BCUT2D eigenvalue weighted by molar-refractivity contribution is -0.139. The van der Waals surface area contributed by atoms with Crippen LogP contribution in [0.15, 0.2) is 24.3 Å². The molecule has 3 rings (SSSR count). The molecule has 0 N–H and O–H groups in total. The number of fused-ring (bicyclic) bond motifs is 1. The van der Waals surface area contributed by atoms with Gasteiger partial charge in [-0.3, -0.25) is 4.79 Å². The number of carbonyl (C=O) groups excluding carboxylic acids is 1. The van der Waals surface area contributed by atoms with E-state index in [1.807, 2.05) is 12.1 Å². The lowest BCUT2D eigenvalue weighted by Gasteiger charge is -2.43. The summed E-state index contributed by atoms with van der Waals surface area (Å²) in [6.07, 6.45) is 6.09. The number of benzene rings is 1. The number of nitrogens with zero attached hydrogens (tertiary/aromatic N) is 2.